The number of anilines is 1. The lowest BCUT2D eigenvalue weighted by atomic mass is 10.1. The van der Waals surface area contributed by atoms with Gasteiger partial charge in [0.25, 0.3) is 5.91 Å². The van der Waals surface area contributed by atoms with Gasteiger partial charge in [-0.2, -0.15) is 0 Å². The van der Waals surface area contributed by atoms with Crippen LogP contribution in [0.3, 0.4) is 0 Å². The van der Waals surface area contributed by atoms with E-state index >= 15 is 0 Å². The Morgan fingerprint density at radius 1 is 0.861 bits per heavy atom. The van der Waals surface area contributed by atoms with E-state index in [1.165, 1.54) is 5.56 Å². The van der Waals surface area contributed by atoms with Gasteiger partial charge < -0.3 is 28.7 Å². The van der Waals surface area contributed by atoms with E-state index in [0.717, 1.165) is 17.8 Å². The average Bonchev–Trinajstić information content (AvgIpc) is 2.95. The van der Waals surface area contributed by atoms with Crippen molar-refractivity contribution in [3.05, 3.63) is 54.1 Å². The maximum Gasteiger partial charge on any atom is 0.260 e. The molecule has 4 rings (SSSR count). The van der Waals surface area contributed by atoms with Crippen molar-refractivity contribution in [1.29, 1.82) is 0 Å². The summed E-state index contributed by atoms with van der Waals surface area (Å²) in [5.74, 6) is 3.10. The first-order chi connectivity index (χ1) is 17.6. The summed E-state index contributed by atoms with van der Waals surface area (Å²) in [7, 11) is 4.73. The standard InChI is InChI=1S/C27H32N4O5/c1-5-19-6-8-21(9-7-19)36-18-26(32)31-14-12-30(13-15-31)25-11-10-22(28-29-25)20-16-23(33-2)27(35-4)24(17-20)34-3/h6-11,16-17H,5,12-15,18H2,1-4H3. The van der Waals surface area contributed by atoms with Crippen LogP contribution in [0.4, 0.5) is 5.82 Å². The Morgan fingerprint density at radius 2 is 1.53 bits per heavy atom. The van der Waals surface area contributed by atoms with Gasteiger partial charge in [0.05, 0.1) is 27.0 Å². The Labute approximate surface area is 211 Å². The molecule has 0 unspecified atom stereocenters. The average molecular weight is 493 g/mol. The molecule has 0 radical (unpaired) electrons. The van der Waals surface area contributed by atoms with E-state index in [-0.39, 0.29) is 12.5 Å². The van der Waals surface area contributed by atoms with Gasteiger partial charge >= 0.3 is 0 Å². The van der Waals surface area contributed by atoms with E-state index in [2.05, 4.69) is 22.0 Å². The molecule has 3 aromatic rings. The summed E-state index contributed by atoms with van der Waals surface area (Å²) in [4.78, 5) is 16.6. The van der Waals surface area contributed by atoms with Crippen LogP contribution in [0.15, 0.2) is 48.5 Å². The molecule has 1 saturated heterocycles. The van der Waals surface area contributed by atoms with E-state index < -0.39 is 0 Å². The van der Waals surface area contributed by atoms with Gasteiger partial charge in [-0.3, -0.25) is 4.79 Å². The van der Waals surface area contributed by atoms with Crippen LogP contribution in [0.5, 0.6) is 23.0 Å². The first-order valence-corrected chi connectivity index (χ1v) is 11.9. The molecule has 1 amide bonds. The lowest BCUT2D eigenvalue weighted by Gasteiger charge is -2.35. The number of piperazine rings is 1. The predicted molar refractivity (Wildman–Crippen MR) is 137 cm³/mol. The SMILES string of the molecule is CCc1ccc(OCC(=O)N2CCN(c3ccc(-c4cc(OC)c(OC)c(OC)c4)nn3)CC2)cc1. The highest BCUT2D eigenvalue weighted by Gasteiger charge is 2.23. The molecule has 2 aromatic carbocycles. The number of amides is 1. The summed E-state index contributed by atoms with van der Waals surface area (Å²) in [5, 5.41) is 8.84. The normalized spacial score (nSPS) is 13.3. The fraction of sp³-hybridized carbons (Fsp3) is 0.370. The third-order valence-electron chi connectivity index (χ3n) is 6.26. The van der Waals surface area contributed by atoms with Crippen molar-refractivity contribution in [2.24, 2.45) is 0 Å². The van der Waals surface area contributed by atoms with Crippen LogP contribution < -0.4 is 23.8 Å². The van der Waals surface area contributed by atoms with Crippen LogP contribution in [0.2, 0.25) is 0 Å². The highest BCUT2D eigenvalue weighted by molar-refractivity contribution is 5.78. The molecular formula is C27H32N4O5. The molecule has 9 nitrogen and oxygen atoms in total. The summed E-state index contributed by atoms with van der Waals surface area (Å²) in [6, 6.07) is 15.4. The fourth-order valence-corrected chi connectivity index (χ4v) is 4.12. The smallest absolute Gasteiger partial charge is 0.260 e. The van der Waals surface area contributed by atoms with Gasteiger partial charge in [0.2, 0.25) is 5.75 Å². The number of aryl methyl sites for hydroxylation is 1. The minimum Gasteiger partial charge on any atom is -0.493 e. The number of ether oxygens (including phenoxy) is 4. The number of hydrogen-bond donors (Lipinski definition) is 0. The van der Waals surface area contributed by atoms with Crippen molar-refractivity contribution in [1.82, 2.24) is 15.1 Å². The molecule has 2 heterocycles. The number of benzene rings is 2. The molecule has 0 aliphatic carbocycles. The molecular weight excluding hydrogens is 460 g/mol. The zero-order valence-corrected chi connectivity index (χ0v) is 21.2. The number of carbonyl (C=O) groups excluding carboxylic acids is 1. The Hall–Kier alpha value is -4.01. The fourth-order valence-electron chi connectivity index (χ4n) is 4.12. The minimum absolute atomic E-state index is 0.0157. The van der Waals surface area contributed by atoms with E-state index in [9.17, 15) is 4.79 Å². The predicted octanol–water partition coefficient (Wildman–Crippen LogP) is 3.46. The van der Waals surface area contributed by atoms with Crippen LogP contribution in [0.25, 0.3) is 11.3 Å². The second kappa shape index (κ2) is 11.6. The summed E-state index contributed by atoms with van der Waals surface area (Å²) in [6.07, 6.45) is 0.974. The highest BCUT2D eigenvalue weighted by Crippen LogP contribution is 2.40. The molecule has 9 heteroatoms. The van der Waals surface area contributed by atoms with Crippen molar-refractivity contribution in [3.8, 4) is 34.3 Å². The molecule has 190 valence electrons. The molecule has 1 fully saturated rings. The maximum atomic E-state index is 12.6. The lowest BCUT2D eigenvalue weighted by Crippen LogP contribution is -2.50. The van der Waals surface area contributed by atoms with Gasteiger partial charge in [0.1, 0.15) is 5.75 Å². The van der Waals surface area contributed by atoms with Gasteiger partial charge in [0.15, 0.2) is 23.9 Å². The Kier molecular flexibility index (Phi) is 8.10. The number of carbonyl (C=O) groups is 1. The van der Waals surface area contributed by atoms with Gasteiger partial charge in [0, 0.05) is 31.7 Å². The van der Waals surface area contributed by atoms with E-state index in [0.29, 0.717) is 54.9 Å². The number of hydrogen-bond acceptors (Lipinski definition) is 8. The number of rotatable bonds is 9. The molecule has 0 spiro atoms. The lowest BCUT2D eigenvalue weighted by molar-refractivity contribution is -0.133. The summed E-state index contributed by atoms with van der Waals surface area (Å²) >= 11 is 0. The zero-order chi connectivity index (χ0) is 25.5. The van der Waals surface area contributed by atoms with Gasteiger partial charge in [-0.05, 0) is 48.4 Å². The topological polar surface area (TPSA) is 86.3 Å². The quantitative estimate of drug-likeness (QED) is 0.449. The van der Waals surface area contributed by atoms with Crippen molar-refractivity contribution in [2.45, 2.75) is 13.3 Å². The van der Waals surface area contributed by atoms with Crippen LogP contribution in [-0.2, 0) is 11.2 Å². The summed E-state index contributed by atoms with van der Waals surface area (Å²) in [5.41, 5.74) is 2.74. The van der Waals surface area contributed by atoms with E-state index in [1.54, 1.807) is 21.3 Å². The molecule has 0 bridgehead atoms. The minimum atomic E-state index is -0.0157. The second-order valence-corrected chi connectivity index (χ2v) is 8.34. The molecule has 0 N–H and O–H groups in total. The van der Waals surface area contributed by atoms with Gasteiger partial charge in [-0.25, -0.2) is 0 Å². The van der Waals surface area contributed by atoms with Crippen LogP contribution in [0.1, 0.15) is 12.5 Å². The van der Waals surface area contributed by atoms with Crippen LogP contribution >= 0.6 is 0 Å². The number of aromatic nitrogens is 2. The van der Waals surface area contributed by atoms with E-state index in [1.807, 2.05) is 53.4 Å². The van der Waals surface area contributed by atoms with Crippen LogP contribution in [0, 0.1) is 0 Å². The largest absolute Gasteiger partial charge is 0.493 e. The number of nitrogens with zero attached hydrogens (tertiary/aromatic N) is 4. The summed E-state index contributed by atoms with van der Waals surface area (Å²) < 4.78 is 21.9. The highest BCUT2D eigenvalue weighted by atomic mass is 16.5. The van der Waals surface area contributed by atoms with Crippen molar-refractivity contribution >= 4 is 11.7 Å². The Morgan fingerprint density at radius 3 is 2.06 bits per heavy atom. The zero-order valence-electron chi connectivity index (χ0n) is 21.2. The molecule has 36 heavy (non-hydrogen) atoms. The molecule has 1 aromatic heterocycles. The molecule has 1 aliphatic rings. The molecule has 1 aliphatic heterocycles. The monoisotopic (exact) mass is 492 g/mol. The maximum absolute atomic E-state index is 12.6. The van der Waals surface area contributed by atoms with Crippen LogP contribution in [-0.4, -0.2) is 75.1 Å². The first-order valence-electron chi connectivity index (χ1n) is 11.9. The third-order valence-corrected chi connectivity index (χ3v) is 6.26. The van der Waals surface area contributed by atoms with Gasteiger partial charge in [-0.15, -0.1) is 10.2 Å². The Balaban J connectivity index is 1.34. The third kappa shape index (κ3) is 5.62. The molecule has 0 atom stereocenters. The molecule has 0 saturated carbocycles. The van der Waals surface area contributed by atoms with E-state index in [4.69, 9.17) is 18.9 Å². The number of methoxy groups -OCH3 is 3. The summed E-state index contributed by atoms with van der Waals surface area (Å²) in [6.45, 7) is 4.70. The van der Waals surface area contributed by atoms with Gasteiger partial charge in [-0.1, -0.05) is 19.1 Å². The van der Waals surface area contributed by atoms with Crippen molar-refractivity contribution < 1.29 is 23.7 Å². The first kappa shape index (κ1) is 25.1. The second-order valence-electron chi connectivity index (χ2n) is 8.34. The van der Waals surface area contributed by atoms with Crippen molar-refractivity contribution in [2.75, 3.05) is 59.0 Å². The van der Waals surface area contributed by atoms with Crippen molar-refractivity contribution in [3.63, 3.8) is 0 Å². The Bertz CT molecular complexity index is 1130.